The SMILES string of the molecule is CCOC(=O)CSc1nc2c(nc1C(Cl)Cl)c(=O)n(C)c(=O)n2C. The van der Waals surface area contributed by atoms with Crippen LogP contribution >= 0.6 is 35.0 Å². The van der Waals surface area contributed by atoms with Crippen LogP contribution < -0.4 is 11.2 Å². The van der Waals surface area contributed by atoms with Crippen LogP contribution in [0.5, 0.6) is 0 Å². The molecule has 24 heavy (non-hydrogen) atoms. The van der Waals surface area contributed by atoms with E-state index in [1.807, 2.05) is 0 Å². The van der Waals surface area contributed by atoms with Crippen LogP contribution in [0.3, 0.4) is 0 Å². The van der Waals surface area contributed by atoms with Gasteiger partial charge in [0.1, 0.15) is 10.7 Å². The maximum atomic E-state index is 12.2. The van der Waals surface area contributed by atoms with E-state index >= 15 is 0 Å². The van der Waals surface area contributed by atoms with Crippen molar-refractivity contribution >= 4 is 52.1 Å². The standard InChI is InChI=1S/C13H14Cl2N4O4S/c1-4-23-6(20)5-24-11-7(9(14)15)16-8-10(17-11)18(2)13(22)19(3)12(8)21/h9H,4-5H2,1-3H3. The van der Waals surface area contributed by atoms with Gasteiger partial charge >= 0.3 is 11.7 Å². The van der Waals surface area contributed by atoms with E-state index in [4.69, 9.17) is 27.9 Å². The van der Waals surface area contributed by atoms with Crippen LogP contribution in [0.2, 0.25) is 0 Å². The van der Waals surface area contributed by atoms with Gasteiger partial charge in [-0.05, 0) is 6.92 Å². The maximum Gasteiger partial charge on any atom is 0.332 e. The predicted molar refractivity (Wildman–Crippen MR) is 91.8 cm³/mol. The van der Waals surface area contributed by atoms with Crippen LogP contribution in [-0.2, 0) is 23.6 Å². The van der Waals surface area contributed by atoms with Crippen molar-refractivity contribution in [3.05, 3.63) is 26.5 Å². The van der Waals surface area contributed by atoms with Gasteiger partial charge in [0, 0.05) is 14.1 Å². The van der Waals surface area contributed by atoms with Crippen molar-refractivity contribution in [1.82, 2.24) is 19.1 Å². The third-order valence-corrected chi connectivity index (χ3v) is 4.48. The van der Waals surface area contributed by atoms with E-state index in [1.165, 1.54) is 18.7 Å². The summed E-state index contributed by atoms with van der Waals surface area (Å²) in [6.45, 7) is 1.96. The highest BCUT2D eigenvalue weighted by molar-refractivity contribution is 7.99. The quantitative estimate of drug-likeness (QED) is 0.427. The summed E-state index contributed by atoms with van der Waals surface area (Å²) in [5.41, 5.74) is -0.925. The molecule has 11 heteroatoms. The second-order valence-corrected chi connectivity index (χ2v) is 6.75. The number of hydrogen-bond donors (Lipinski definition) is 0. The normalized spacial score (nSPS) is 11.2. The van der Waals surface area contributed by atoms with Gasteiger partial charge in [-0.25, -0.2) is 14.8 Å². The third-order valence-electron chi connectivity index (χ3n) is 3.11. The molecular formula is C13H14Cl2N4O4S. The first kappa shape index (κ1) is 18.8. The van der Waals surface area contributed by atoms with E-state index in [9.17, 15) is 14.4 Å². The lowest BCUT2D eigenvalue weighted by Gasteiger charge is -2.12. The summed E-state index contributed by atoms with van der Waals surface area (Å²) in [6, 6.07) is 0. The molecule has 130 valence electrons. The zero-order valence-electron chi connectivity index (χ0n) is 13.1. The number of nitrogens with zero attached hydrogens (tertiary/aromatic N) is 4. The van der Waals surface area contributed by atoms with Crippen molar-refractivity contribution in [3.63, 3.8) is 0 Å². The minimum Gasteiger partial charge on any atom is -0.465 e. The average molecular weight is 393 g/mol. The summed E-state index contributed by atoms with van der Waals surface area (Å²) in [5, 5.41) is 0.258. The number of aryl methyl sites for hydroxylation is 1. The van der Waals surface area contributed by atoms with Gasteiger partial charge in [-0.15, -0.1) is 0 Å². The number of hydrogen-bond acceptors (Lipinski definition) is 7. The number of ether oxygens (including phenoxy) is 1. The molecule has 0 saturated heterocycles. The first-order valence-corrected chi connectivity index (χ1v) is 8.68. The van der Waals surface area contributed by atoms with E-state index in [0.29, 0.717) is 0 Å². The van der Waals surface area contributed by atoms with Crippen LogP contribution in [0.25, 0.3) is 11.2 Å². The van der Waals surface area contributed by atoms with E-state index in [0.717, 1.165) is 16.3 Å². The van der Waals surface area contributed by atoms with Crippen molar-refractivity contribution in [3.8, 4) is 0 Å². The van der Waals surface area contributed by atoms with Gasteiger partial charge in [0.2, 0.25) is 0 Å². The number of halogens is 2. The monoisotopic (exact) mass is 392 g/mol. The van der Waals surface area contributed by atoms with E-state index in [1.54, 1.807) is 6.92 Å². The molecule has 2 rings (SSSR count). The highest BCUT2D eigenvalue weighted by atomic mass is 35.5. The van der Waals surface area contributed by atoms with Gasteiger partial charge in [-0.3, -0.25) is 18.7 Å². The van der Waals surface area contributed by atoms with Crippen LogP contribution in [0.4, 0.5) is 0 Å². The van der Waals surface area contributed by atoms with Gasteiger partial charge in [-0.2, -0.15) is 0 Å². The van der Waals surface area contributed by atoms with Crippen LogP contribution in [0, 0.1) is 0 Å². The van der Waals surface area contributed by atoms with Gasteiger partial charge in [-0.1, -0.05) is 35.0 Å². The summed E-state index contributed by atoms with van der Waals surface area (Å²) < 4.78 is 6.96. The van der Waals surface area contributed by atoms with E-state index < -0.39 is 22.1 Å². The van der Waals surface area contributed by atoms with Crippen molar-refractivity contribution < 1.29 is 9.53 Å². The molecule has 0 N–H and O–H groups in total. The first-order chi connectivity index (χ1) is 11.3. The van der Waals surface area contributed by atoms with Crippen molar-refractivity contribution in [2.45, 2.75) is 16.8 Å². The van der Waals surface area contributed by atoms with Gasteiger partial charge in [0.15, 0.2) is 16.0 Å². The second-order valence-electron chi connectivity index (χ2n) is 4.69. The number of fused-ring (bicyclic) bond motifs is 1. The Balaban J connectivity index is 2.62. The molecule has 0 spiro atoms. The van der Waals surface area contributed by atoms with Gasteiger partial charge in [0.25, 0.3) is 5.56 Å². The fourth-order valence-electron chi connectivity index (χ4n) is 1.94. The summed E-state index contributed by atoms with van der Waals surface area (Å²) in [5.74, 6) is -0.464. The molecule has 0 fully saturated rings. The highest BCUT2D eigenvalue weighted by Gasteiger charge is 2.20. The highest BCUT2D eigenvalue weighted by Crippen LogP contribution is 2.31. The number of esters is 1. The smallest absolute Gasteiger partial charge is 0.332 e. The summed E-state index contributed by atoms with van der Waals surface area (Å²) in [6.07, 6.45) is 0. The number of carbonyl (C=O) groups excluding carboxylic acids is 1. The largest absolute Gasteiger partial charge is 0.465 e. The molecule has 0 aliphatic heterocycles. The lowest BCUT2D eigenvalue weighted by atomic mass is 10.4. The lowest BCUT2D eigenvalue weighted by Crippen LogP contribution is -2.38. The fraction of sp³-hybridized carbons (Fsp3) is 0.462. The Bertz CT molecular complexity index is 909. The molecule has 0 aliphatic carbocycles. The first-order valence-electron chi connectivity index (χ1n) is 6.82. The predicted octanol–water partition coefficient (Wildman–Crippen LogP) is 1.16. The molecule has 0 aliphatic rings. The van der Waals surface area contributed by atoms with Gasteiger partial charge in [0.05, 0.1) is 12.4 Å². The number of rotatable bonds is 5. The molecule has 0 aromatic carbocycles. The van der Waals surface area contributed by atoms with Crippen molar-refractivity contribution in [2.24, 2.45) is 14.1 Å². The molecule has 0 amide bonds. The zero-order chi connectivity index (χ0) is 18.0. The molecule has 2 aromatic rings. The van der Waals surface area contributed by atoms with Crippen molar-refractivity contribution in [2.75, 3.05) is 12.4 Å². The second kappa shape index (κ2) is 7.54. The van der Waals surface area contributed by atoms with E-state index in [-0.39, 0.29) is 34.2 Å². The molecule has 2 heterocycles. The molecule has 2 aromatic heterocycles. The van der Waals surface area contributed by atoms with Crippen LogP contribution in [-0.4, -0.2) is 37.4 Å². The zero-order valence-corrected chi connectivity index (χ0v) is 15.4. The topological polar surface area (TPSA) is 96.1 Å². The summed E-state index contributed by atoms with van der Waals surface area (Å²) >= 11 is 12.8. The molecule has 0 bridgehead atoms. The average Bonchev–Trinajstić information content (AvgIpc) is 2.55. The molecule has 0 unspecified atom stereocenters. The Morgan fingerprint density at radius 2 is 1.92 bits per heavy atom. The number of thioether (sulfide) groups is 1. The summed E-state index contributed by atoms with van der Waals surface area (Å²) in [7, 11) is 2.81. The van der Waals surface area contributed by atoms with Gasteiger partial charge < -0.3 is 4.74 Å². The Morgan fingerprint density at radius 3 is 2.50 bits per heavy atom. The number of carbonyl (C=O) groups is 1. The van der Waals surface area contributed by atoms with Crippen LogP contribution in [0.15, 0.2) is 14.6 Å². The molecule has 0 saturated carbocycles. The minimum absolute atomic E-state index is 0.0265. The Kier molecular flexibility index (Phi) is 5.89. The Morgan fingerprint density at radius 1 is 1.25 bits per heavy atom. The molecular weight excluding hydrogens is 379 g/mol. The van der Waals surface area contributed by atoms with Crippen LogP contribution in [0.1, 0.15) is 17.5 Å². The lowest BCUT2D eigenvalue weighted by molar-refractivity contribution is -0.139. The fourth-order valence-corrected chi connectivity index (χ4v) is 3.18. The Labute approximate surface area is 150 Å². The van der Waals surface area contributed by atoms with Crippen molar-refractivity contribution in [1.29, 1.82) is 0 Å². The summed E-state index contributed by atoms with van der Waals surface area (Å²) in [4.78, 5) is 43.1. The Hall–Kier alpha value is -1.58. The molecule has 8 nitrogen and oxygen atoms in total. The minimum atomic E-state index is -1.05. The number of aromatic nitrogens is 4. The number of alkyl halides is 2. The molecule has 0 atom stereocenters. The molecule has 0 radical (unpaired) electrons. The third kappa shape index (κ3) is 3.57. The van der Waals surface area contributed by atoms with E-state index in [2.05, 4.69) is 9.97 Å². The maximum absolute atomic E-state index is 12.2.